The third kappa shape index (κ3) is 4.53. The van der Waals surface area contributed by atoms with Gasteiger partial charge >= 0.3 is 0 Å². The molecule has 0 spiro atoms. The lowest BCUT2D eigenvalue weighted by atomic mass is 10.1. The van der Waals surface area contributed by atoms with Gasteiger partial charge in [0.2, 0.25) is 0 Å². The molecule has 1 aromatic carbocycles. The van der Waals surface area contributed by atoms with Gasteiger partial charge in [-0.1, -0.05) is 0 Å². The second-order valence-corrected chi connectivity index (χ2v) is 9.58. The number of ether oxygens (including phenoxy) is 2. The SMILES string of the molecule is CC1(Oc2ccc3[nH]nc(-c4cc(N5CCN(C[C@@H]6CNCCO6)CC5)ncn4)c3c2)CC1. The van der Waals surface area contributed by atoms with E-state index in [9.17, 15) is 0 Å². The Morgan fingerprint density at radius 3 is 2.82 bits per heavy atom. The summed E-state index contributed by atoms with van der Waals surface area (Å²) in [6, 6.07) is 8.16. The summed E-state index contributed by atoms with van der Waals surface area (Å²) in [6.45, 7) is 9.74. The lowest BCUT2D eigenvalue weighted by Crippen LogP contribution is -2.52. The number of morpholine rings is 1. The summed E-state index contributed by atoms with van der Waals surface area (Å²) >= 11 is 0. The van der Waals surface area contributed by atoms with Gasteiger partial charge in [-0.3, -0.25) is 10.00 Å². The van der Waals surface area contributed by atoms with E-state index in [2.05, 4.69) is 54.3 Å². The fourth-order valence-electron chi connectivity index (χ4n) is 4.65. The highest BCUT2D eigenvalue weighted by atomic mass is 16.5. The summed E-state index contributed by atoms with van der Waals surface area (Å²) < 4.78 is 12.0. The molecule has 2 aliphatic heterocycles. The highest BCUT2D eigenvalue weighted by Gasteiger charge is 2.40. The Balaban J connectivity index is 1.16. The first-order valence-corrected chi connectivity index (χ1v) is 11.9. The van der Waals surface area contributed by atoms with Gasteiger partial charge in [-0.2, -0.15) is 5.10 Å². The number of nitrogens with zero attached hydrogens (tertiary/aromatic N) is 5. The molecule has 9 heteroatoms. The fourth-order valence-corrected chi connectivity index (χ4v) is 4.65. The average Bonchev–Trinajstić information content (AvgIpc) is 3.42. The molecule has 33 heavy (non-hydrogen) atoms. The van der Waals surface area contributed by atoms with Crippen LogP contribution in [0.25, 0.3) is 22.3 Å². The van der Waals surface area contributed by atoms with Gasteiger partial charge in [-0.05, 0) is 38.0 Å². The fraction of sp³-hybridized carbons (Fsp3) is 0.542. The molecule has 2 N–H and O–H groups in total. The van der Waals surface area contributed by atoms with Gasteiger partial charge in [0.1, 0.15) is 29.2 Å². The molecule has 3 fully saturated rings. The first-order valence-electron chi connectivity index (χ1n) is 11.9. The van der Waals surface area contributed by atoms with Crippen LogP contribution in [0.5, 0.6) is 5.75 Å². The molecule has 2 aromatic heterocycles. The number of anilines is 1. The van der Waals surface area contributed by atoms with Crippen LogP contribution >= 0.6 is 0 Å². The summed E-state index contributed by atoms with van der Waals surface area (Å²) in [5.74, 6) is 1.83. The van der Waals surface area contributed by atoms with Crippen LogP contribution in [0.3, 0.4) is 0 Å². The van der Waals surface area contributed by atoms with Gasteiger partial charge in [-0.25, -0.2) is 9.97 Å². The minimum Gasteiger partial charge on any atom is -0.488 e. The van der Waals surface area contributed by atoms with Gasteiger partial charge in [0.15, 0.2) is 0 Å². The van der Waals surface area contributed by atoms with Crippen molar-refractivity contribution in [2.75, 3.05) is 57.3 Å². The molecule has 4 heterocycles. The summed E-state index contributed by atoms with van der Waals surface area (Å²) in [5.41, 5.74) is 2.62. The monoisotopic (exact) mass is 449 g/mol. The molecule has 0 radical (unpaired) electrons. The molecule has 9 nitrogen and oxygen atoms in total. The molecule has 0 amide bonds. The van der Waals surface area contributed by atoms with E-state index >= 15 is 0 Å². The van der Waals surface area contributed by atoms with Gasteiger partial charge in [0, 0.05) is 57.3 Å². The Bertz CT molecular complexity index is 1110. The van der Waals surface area contributed by atoms with Crippen LogP contribution in [0.2, 0.25) is 0 Å². The third-order valence-corrected chi connectivity index (χ3v) is 6.91. The van der Waals surface area contributed by atoms with E-state index in [-0.39, 0.29) is 5.60 Å². The molecule has 2 saturated heterocycles. The van der Waals surface area contributed by atoms with Crippen LogP contribution < -0.4 is 15.0 Å². The Morgan fingerprint density at radius 2 is 2.03 bits per heavy atom. The van der Waals surface area contributed by atoms with Gasteiger partial charge < -0.3 is 19.7 Å². The van der Waals surface area contributed by atoms with Crippen LogP contribution in [-0.2, 0) is 4.74 Å². The average molecular weight is 450 g/mol. The largest absolute Gasteiger partial charge is 0.488 e. The zero-order valence-electron chi connectivity index (χ0n) is 19.1. The molecule has 0 unspecified atom stereocenters. The van der Waals surface area contributed by atoms with Crippen LogP contribution in [0.15, 0.2) is 30.6 Å². The molecule has 3 aliphatic rings. The van der Waals surface area contributed by atoms with Crippen LogP contribution in [0, 0.1) is 0 Å². The summed E-state index contributed by atoms with van der Waals surface area (Å²) in [5, 5.41) is 12.1. The van der Waals surface area contributed by atoms with E-state index in [0.717, 1.165) is 99.1 Å². The second kappa shape index (κ2) is 8.55. The van der Waals surface area contributed by atoms with Crippen molar-refractivity contribution in [1.29, 1.82) is 0 Å². The molecule has 3 aromatic rings. The maximum Gasteiger partial charge on any atom is 0.132 e. The van der Waals surface area contributed by atoms with Crippen molar-refractivity contribution < 1.29 is 9.47 Å². The maximum absolute atomic E-state index is 6.16. The van der Waals surface area contributed by atoms with Gasteiger partial charge in [-0.15, -0.1) is 0 Å². The van der Waals surface area contributed by atoms with E-state index < -0.39 is 0 Å². The first-order chi connectivity index (χ1) is 16.2. The van der Waals surface area contributed by atoms with Gasteiger partial charge in [0.05, 0.1) is 23.9 Å². The lowest BCUT2D eigenvalue weighted by Gasteiger charge is -2.37. The topological polar surface area (TPSA) is 91.4 Å². The molecule has 1 saturated carbocycles. The van der Waals surface area contributed by atoms with Crippen molar-refractivity contribution in [1.82, 2.24) is 30.4 Å². The minimum absolute atomic E-state index is 0.0125. The zero-order chi connectivity index (χ0) is 22.3. The predicted octanol–water partition coefficient (Wildman–Crippen LogP) is 2.06. The quantitative estimate of drug-likeness (QED) is 0.591. The van der Waals surface area contributed by atoms with E-state index in [4.69, 9.17) is 9.47 Å². The number of rotatable bonds is 6. The lowest BCUT2D eigenvalue weighted by molar-refractivity contribution is 0.00463. The Kier molecular flexibility index (Phi) is 5.40. The number of fused-ring (bicyclic) bond motifs is 1. The number of piperazine rings is 1. The van der Waals surface area contributed by atoms with Crippen LogP contribution in [-0.4, -0.2) is 89.2 Å². The summed E-state index contributed by atoms with van der Waals surface area (Å²) in [4.78, 5) is 13.9. The van der Waals surface area contributed by atoms with E-state index in [0.29, 0.717) is 6.10 Å². The van der Waals surface area contributed by atoms with Crippen LogP contribution in [0.1, 0.15) is 19.8 Å². The predicted molar refractivity (Wildman–Crippen MR) is 127 cm³/mol. The summed E-state index contributed by atoms with van der Waals surface area (Å²) in [6.07, 6.45) is 4.15. The molecular weight excluding hydrogens is 418 g/mol. The van der Waals surface area contributed by atoms with Crippen molar-refractivity contribution in [2.24, 2.45) is 0 Å². The second-order valence-electron chi connectivity index (χ2n) is 9.58. The van der Waals surface area contributed by atoms with E-state index in [1.807, 2.05) is 12.1 Å². The number of H-pyrrole nitrogens is 1. The Morgan fingerprint density at radius 1 is 1.15 bits per heavy atom. The third-order valence-electron chi connectivity index (χ3n) is 6.91. The van der Waals surface area contributed by atoms with Crippen molar-refractivity contribution >= 4 is 16.7 Å². The standard InChI is InChI=1S/C24H31N7O2/c1-24(4-5-24)33-17-2-3-20-19(12-17)23(29-28-20)21-13-22(27-16-26-21)31-9-7-30(8-10-31)15-18-14-25-6-11-32-18/h2-3,12-13,16,18,25H,4-11,14-15H2,1H3,(H,28,29)/t18-/m0/s1. The number of hydrogen-bond donors (Lipinski definition) is 2. The van der Waals surface area contributed by atoms with Crippen molar-refractivity contribution in [3.8, 4) is 17.1 Å². The Hall–Kier alpha value is -2.75. The number of hydrogen-bond acceptors (Lipinski definition) is 8. The highest BCUT2D eigenvalue weighted by Crippen LogP contribution is 2.40. The molecule has 174 valence electrons. The molecule has 1 atom stereocenters. The molecule has 0 bridgehead atoms. The number of benzene rings is 1. The highest BCUT2D eigenvalue weighted by molar-refractivity contribution is 5.93. The first kappa shape index (κ1) is 20.8. The van der Waals surface area contributed by atoms with Crippen molar-refractivity contribution in [3.63, 3.8) is 0 Å². The summed E-state index contributed by atoms with van der Waals surface area (Å²) in [7, 11) is 0. The van der Waals surface area contributed by atoms with E-state index in [1.54, 1.807) is 6.33 Å². The van der Waals surface area contributed by atoms with Gasteiger partial charge in [0.25, 0.3) is 0 Å². The van der Waals surface area contributed by atoms with E-state index in [1.165, 1.54) is 0 Å². The zero-order valence-corrected chi connectivity index (χ0v) is 19.1. The normalized spacial score (nSPS) is 23.1. The number of nitrogens with one attached hydrogen (secondary N) is 2. The minimum atomic E-state index is -0.0125. The molecule has 1 aliphatic carbocycles. The Labute approximate surface area is 193 Å². The smallest absolute Gasteiger partial charge is 0.132 e. The number of aromatic amines is 1. The molecule has 6 rings (SSSR count). The maximum atomic E-state index is 6.16. The van der Waals surface area contributed by atoms with Crippen molar-refractivity contribution in [2.45, 2.75) is 31.5 Å². The number of aromatic nitrogens is 4. The molecular formula is C24H31N7O2. The van der Waals surface area contributed by atoms with Crippen LogP contribution in [0.4, 0.5) is 5.82 Å². The van der Waals surface area contributed by atoms with Crippen molar-refractivity contribution in [3.05, 3.63) is 30.6 Å².